The first kappa shape index (κ1) is 12.5. The second-order valence-electron chi connectivity index (χ2n) is 4.11. The van der Waals surface area contributed by atoms with Gasteiger partial charge in [0.15, 0.2) is 0 Å². The van der Waals surface area contributed by atoms with Crippen LogP contribution < -0.4 is 5.32 Å². The van der Waals surface area contributed by atoms with Crippen molar-refractivity contribution in [3.63, 3.8) is 0 Å². The zero-order valence-electron chi connectivity index (χ0n) is 10.0. The lowest BCUT2D eigenvalue weighted by Gasteiger charge is -2.15. The maximum Gasteiger partial charge on any atom is 0.0991 e. The molecule has 2 nitrogen and oxygen atoms in total. The summed E-state index contributed by atoms with van der Waals surface area (Å²) in [5.41, 5.74) is 2.79. The molecule has 0 aliphatic heterocycles. The van der Waals surface area contributed by atoms with Gasteiger partial charge in [0, 0.05) is 16.8 Å². The third-order valence-corrected chi connectivity index (χ3v) is 2.98. The molecule has 0 spiro atoms. The summed E-state index contributed by atoms with van der Waals surface area (Å²) in [5, 5.41) is 12.8. The minimum Gasteiger partial charge on any atom is -0.378 e. The lowest BCUT2D eigenvalue weighted by molar-refractivity contribution is 0.884. The van der Waals surface area contributed by atoms with Crippen molar-refractivity contribution in [1.82, 2.24) is 0 Å². The van der Waals surface area contributed by atoms with Crippen molar-refractivity contribution >= 4 is 17.3 Å². The van der Waals surface area contributed by atoms with Crippen LogP contribution in [0.3, 0.4) is 0 Å². The summed E-state index contributed by atoms with van der Waals surface area (Å²) in [6.45, 7) is 2.07. The topological polar surface area (TPSA) is 35.8 Å². The Morgan fingerprint density at radius 3 is 2.50 bits per heavy atom. The first-order valence-electron chi connectivity index (χ1n) is 5.71. The molecule has 0 heterocycles. The largest absolute Gasteiger partial charge is 0.378 e. The SMILES string of the molecule is CC(Nc1cccc(Cl)c1)c1ccc(C#N)cc1. The summed E-state index contributed by atoms with van der Waals surface area (Å²) >= 11 is 5.94. The van der Waals surface area contributed by atoms with Crippen molar-refractivity contribution in [2.24, 2.45) is 0 Å². The van der Waals surface area contributed by atoms with E-state index in [9.17, 15) is 0 Å². The zero-order chi connectivity index (χ0) is 13.0. The van der Waals surface area contributed by atoms with Crippen LogP contribution in [0.1, 0.15) is 24.1 Å². The highest BCUT2D eigenvalue weighted by Gasteiger charge is 2.05. The predicted molar refractivity (Wildman–Crippen MR) is 74.6 cm³/mol. The Hall–Kier alpha value is -1.98. The van der Waals surface area contributed by atoms with Gasteiger partial charge in [0.05, 0.1) is 11.6 Å². The number of rotatable bonds is 3. The summed E-state index contributed by atoms with van der Waals surface area (Å²) < 4.78 is 0. The fourth-order valence-corrected chi connectivity index (χ4v) is 1.95. The van der Waals surface area contributed by atoms with Crippen molar-refractivity contribution in [1.29, 1.82) is 5.26 Å². The molecule has 0 bridgehead atoms. The second-order valence-corrected chi connectivity index (χ2v) is 4.55. The second kappa shape index (κ2) is 5.57. The molecule has 0 aliphatic rings. The molecule has 1 N–H and O–H groups in total. The Kier molecular flexibility index (Phi) is 3.86. The molecule has 2 aromatic rings. The van der Waals surface area contributed by atoms with Gasteiger partial charge in [0.25, 0.3) is 0 Å². The number of anilines is 1. The molecule has 0 radical (unpaired) electrons. The molecule has 1 atom stereocenters. The van der Waals surface area contributed by atoms with Gasteiger partial charge in [-0.2, -0.15) is 5.26 Å². The van der Waals surface area contributed by atoms with Gasteiger partial charge in [0.1, 0.15) is 0 Å². The van der Waals surface area contributed by atoms with Crippen LogP contribution >= 0.6 is 11.6 Å². The quantitative estimate of drug-likeness (QED) is 0.884. The predicted octanol–water partition coefficient (Wildman–Crippen LogP) is 4.38. The molecule has 3 heteroatoms. The monoisotopic (exact) mass is 256 g/mol. The molecule has 2 rings (SSSR count). The van der Waals surface area contributed by atoms with Crippen molar-refractivity contribution in [2.45, 2.75) is 13.0 Å². The van der Waals surface area contributed by atoms with E-state index in [0.717, 1.165) is 11.3 Å². The molecule has 1 unspecified atom stereocenters. The molecule has 0 saturated heterocycles. The van der Waals surface area contributed by atoms with Crippen LogP contribution in [0.15, 0.2) is 48.5 Å². The van der Waals surface area contributed by atoms with Gasteiger partial charge in [-0.25, -0.2) is 0 Å². The number of hydrogen-bond acceptors (Lipinski definition) is 2. The van der Waals surface area contributed by atoms with Crippen LogP contribution in [0.5, 0.6) is 0 Å². The van der Waals surface area contributed by atoms with Crippen LogP contribution in [-0.2, 0) is 0 Å². The van der Waals surface area contributed by atoms with Gasteiger partial charge in [0.2, 0.25) is 0 Å². The van der Waals surface area contributed by atoms with E-state index < -0.39 is 0 Å². The maximum atomic E-state index is 8.75. The molecule has 0 aromatic heterocycles. The normalized spacial score (nSPS) is 11.6. The van der Waals surface area contributed by atoms with E-state index in [2.05, 4.69) is 18.3 Å². The number of hydrogen-bond donors (Lipinski definition) is 1. The molecule has 0 saturated carbocycles. The lowest BCUT2D eigenvalue weighted by atomic mass is 10.1. The summed E-state index contributed by atoms with van der Waals surface area (Å²) in [4.78, 5) is 0. The minimum atomic E-state index is 0.163. The third-order valence-electron chi connectivity index (χ3n) is 2.75. The van der Waals surface area contributed by atoms with Crippen molar-refractivity contribution < 1.29 is 0 Å². The maximum absolute atomic E-state index is 8.75. The number of nitriles is 1. The fourth-order valence-electron chi connectivity index (χ4n) is 1.76. The third kappa shape index (κ3) is 3.03. The van der Waals surface area contributed by atoms with Gasteiger partial charge in [-0.1, -0.05) is 29.8 Å². The molecular formula is C15H13ClN2. The molecule has 2 aromatic carbocycles. The van der Waals surface area contributed by atoms with Gasteiger partial charge in [-0.3, -0.25) is 0 Å². The van der Waals surface area contributed by atoms with Crippen LogP contribution in [0, 0.1) is 11.3 Å². The molecular weight excluding hydrogens is 244 g/mol. The number of halogens is 1. The highest BCUT2D eigenvalue weighted by molar-refractivity contribution is 6.30. The van der Waals surface area contributed by atoms with Gasteiger partial charge in [-0.15, -0.1) is 0 Å². The Labute approximate surface area is 112 Å². The number of benzene rings is 2. The summed E-state index contributed by atoms with van der Waals surface area (Å²) in [7, 11) is 0. The van der Waals surface area contributed by atoms with E-state index in [4.69, 9.17) is 16.9 Å². The Morgan fingerprint density at radius 2 is 1.89 bits per heavy atom. The first-order chi connectivity index (χ1) is 8.69. The minimum absolute atomic E-state index is 0.163. The molecule has 0 amide bonds. The number of nitrogens with one attached hydrogen (secondary N) is 1. The highest BCUT2D eigenvalue weighted by Crippen LogP contribution is 2.21. The van der Waals surface area contributed by atoms with Crippen molar-refractivity contribution in [3.8, 4) is 6.07 Å². The standard InChI is InChI=1S/C15H13ClN2/c1-11(13-7-5-12(10-17)6-8-13)18-15-4-2-3-14(16)9-15/h2-9,11,18H,1H3. The Morgan fingerprint density at radius 1 is 1.17 bits per heavy atom. The van der Waals surface area contributed by atoms with Crippen LogP contribution in [-0.4, -0.2) is 0 Å². The van der Waals surface area contributed by atoms with Gasteiger partial charge >= 0.3 is 0 Å². The van der Waals surface area contributed by atoms with E-state index >= 15 is 0 Å². The fraction of sp³-hybridized carbons (Fsp3) is 0.133. The summed E-state index contributed by atoms with van der Waals surface area (Å²) in [5.74, 6) is 0. The lowest BCUT2D eigenvalue weighted by Crippen LogP contribution is -2.06. The van der Waals surface area contributed by atoms with Crippen LogP contribution in [0.4, 0.5) is 5.69 Å². The van der Waals surface area contributed by atoms with Crippen LogP contribution in [0.25, 0.3) is 0 Å². The first-order valence-corrected chi connectivity index (χ1v) is 6.09. The van der Waals surface area contributed by atoms with Gasteiger partial charge < -0.3 is 5.32 Å². The molecule has 0 aliphatic carbocycles. The van der Waals surface area contributed by atoms with Gasteiger partial charge in [-0.05, 0) is 42.8 Å². The zero-order valence-corrected chi connectivity index (χ0v) is 10.8. The highest BCUT2D eigenvalue weighted by atomic mass is 35.5. The molecule has 90 valence electrons. The van der Waals surface area contributed by atoms with E-state index in [1.54, 1.807) is 0 Å². The van der Waals surface area contributed by atoms with Crippen LogP contribution in [0.2, 0.25) is 5.02 Å². The summed E-state index contributed by atoms with van der Waals surface area (Å²) in [6.07, 6.45) is 0. The van der Waals surface area contributed by atoms with E-state index in [-0.39, 0.29) is 6.04 Å². The Balaban J connectivity index is 2.12. The Bertz CT molecular complexity index is 570. The number of nitrogens with zero attached hydrogens (tertiary/aromatic N) is 1. The molecule has 0 fully saturated rings. The smallest absolute Gasteiger partial charge is 0.0991 e. The van der Waals surface area contributed by atoms with Crippen molar-refractivity contribution in [3.05, 3.63) is 64.7 Å². The van der Waals surface area contributed by atoms with E-state index in [1.165, 1.54) is 0 Å². The molecule has 18 heavy (non-hydrogen) atoms. The van der Waals surface area contributed by atoms with Crippen molar-refractivity contribution in [2.75, 3.05) is 5.32 Å². The van der Waals surface area contributed by atoms with E-state index in [0.29, 0.717) is 10.6 Å². The summed E-state index contributed by atoms with van der Waals surface area (Å²) in [6, 6.07) is 17.5. The average Bonchev–Trinajstić information content (AvgIpc) is 2.39. The average molecular weight is 257 g/mol. The van der Waals surface area contributed by atoms with E-state index in [1.807, 2.05) is 48.5 Å².